The maximum atomic E-state index is 10.6. The molecule has 0 aromatic rings. The molecule has 2 N–H and O–H groups in total. The van der Waals surface area contributed by atoms with Crippen molar-refractivity contribution in [3.8, 4) is 0 Å². The average Bonchev–Trinajstić information content (AvgIpc) is 3.31. The number of aliphatic hydroxyl groups is 1. The highest BCUT2D eigenvalue weighted by atomic mass is 16.5. The van der Waals surface area contributed by atoms with Gasteiger partial charge in [-0.25, -0.2) is 0 Å². The van der Waals surface area contributed by atoms with Crippen molar-refractivity contribution in [2.45, 2.75) is 64.7 Å². The molecule has 0 radical (unpaired) electrons. The zero-order valence-electron chi connectivity index (χ0n) is 14.2. The first-order valence-electron chi connectivity index (χ1n) is 8.18. The Morgan fingerprint density at radius 2 is 1.59 bits per heavy atom. The summed E-state index contributed by atoms with van der Waals surface area (Å²) in [4.78, 5) is 19.5. The van der Waals surface area contributed by atoms with Gasteiger partial charge in [-0.3, -0.25) is 9.59 Å². The van der Waals surface area contributed by atoms with Crippen LogP contribution in [0.4, 0.5) is 0 Å². The Morgan fingerprint density at radius 1 is 1.09 bits per heavy atom. The Labute approximate surface area is 134 Å². The number of carbonyl (C=O) groups is 2. The quantitative estimate of drug-likeness (QED) is 0.764. The van der Waals surface area contributed by atoms with Crippen LogP contribution in [0.25, 0.3) is 0 Å². The summed E-state index contributed by atoms with van der Waals surface area (Å²) in [7, 11) is 2.31. The largest absolute Gasteiger partial charge is 0.481 e. The lowest BCUT2D eigenvalue weighted by molar-refractivity contribution is -0.144. The lowest BCUT2D eigenvalue weighted by Gasteiger charge is -2.24. The molecular weight excluding hydrogens is 284 g/mol. The molecule has 130 valence electrons. The van der Waals surface area contributed by atoms with Crippen LogP contribution >= 0.6 is 0 Å². The van der Waals surface area contributed by atoms with E-state index in [1.807, 2.05) is 6.92 Å². The van der Waals surface area contributed by atoms with Crippen LogP contribution in [0.1, 0.15) is 64.7 Å². The maximum absolute atomic E-state index is 10.6. The normalized spacial score (nSPS) is 26.4. The molecule has 2 atom stereocenters. The average molecular weight is 316 g/mol. The van der Waals surface area contributed by atoms with E-state index in [1.54, 1.807) is 25.7 Å². The molecule has 5 nitrogen and oxygen atoms in total. The minimum absolute atomic E-state index is 0.0613. The Hall–Kier alpha value is -1.10. The molecule has 22 heavy (non-hydrogen) atoms. The van der Waals surface area contributed by atoms with Gasteiger partial charge >= 0.3 is 5.97 Å². The summed E-state index contributed by atoms with van der Waals surface area (Å²) in [6.07, 6.45) is 12.1. The smallest absolute Gasteiger partial charge is 0.306 e. The lowest BCUT2D eigenvalue weighted by atomic mass is 9.81. The van der Waals surface area contributed by atoms with Gasteiger partial charge in [0.05, 0.1) is 13.0 Å². The van der Waals surface area contributed by atoms with Crippen LogP contribution in [-0.2, 0) is 14.3 Å². The van der Waals surface area contributed by atoms with Crippen molar-refractivity contribution in [1.29, 1.82) is 0 Å². The van der Waals surface area contributed by atoms with Gasteiger partial charge in [-0.1, -0.05) is 26.2 Å². The molecule has 3 rings (SSSR count). The highest BCUT2D eigenvalue weighted by Gasteiger charge is 2.46. The highest BCUT2D eigenvalue weighted by molar-refractivity contribution is 5.70. The molecule has 0 bridgehead atoms. The van der Waals surface area contributed by atoms with Crippen LogP contribution < -0.4 is 0 Å². The summed E-state index contributed by atoms with van der Waals surface area (Å²) in [6.45, 7) is 2.41. The lowest BCUT2D eigenvalue weighted by Crippen LogP contribution is -2.24. The van der Waals surface area contributed by atoms with Gasteiger partial charge in [0.1, 0.15) is 0 Å². The zero-order chi connectivity index (χ0) is 17.0. The van der Waals surface area contributed by atoms with Gasteiger partial charge in [-0.05, 0) is 49.9 Å². The van der Waals surface area contributed by atoms with Crippen LogP contribution in [0.3, 0.4) is 0 Å². The van der Waals surface area contributed by atoms with Crippen molar-refractivity contribution in [1.82, 2.24) is 0 Å². The molecule has 0 aromatic heterocycles. The number of hydrogen-bond donors (Lipinski definition) is 2. The number of hydrogen-bond acceptors (Lipinski definition) is 4. The number of carboxylic acid groups (broad SMARTS) is 1. The van der Waals surface area contributed by atoms with Gasteiger partial charge in [0, 0.05) is 7.11 Å². The first kappa shape index (κ1) is 20.9. The number of carbonyl (C=O) groups excluding carboxylic acids is 1. The van der Waals surface area contributed by atoms with Crippen molar-refractivity contribution in [3.05, 3.63) is 0 Å². The molecule has 0 heterocycles. The van der Waals surface area contributed by atoms with E-state index in [9.17, 15) is 4.79 Å². The van der Waals surface area contributed by atoms with Crippen LogP contribution in [-0.4, -0.2) is 36.9 Å². The Kier molecular flexibility index (Phi) is 10.9. The Morgan fingerprint density at radius 3 is 1.77 bits per heavy atom. The molecule has 3 aliphatic rings. The van der Waals surface area contributed by atoms with Crippen LogP contribution in [0, 0.1) is 17.3 Å². The summed E-state index contributed by atoms with van der Waals surface area (Å²) in [5.41, 5.74) is 0.972. The summed E-state index contributed by atoms with van der Waals surface area (Å²) in [5, 5.41) is 15.7. The molecule has 0 aliphatic heterocycles. The summed E-state index contributed by atoms with van der Waals surface area (Å²) in [5.74, 6) is -0.271. The predicted molar refractivity (Wildman–Crippen MR) is 85.5 cm³/mol. The van der Waals surface area contributed by atoms with Crippen molar-refractivity contribution in [2.75, 3.05) is 14.2 Å². The van der Waals surface area contributed by atoms with E-state index in [0.29, 0.717) is 12.4 Å². The van der Waals surface area contributed by atoms with Gasteiger partial charge in [-0.15, -0.1) is 0 Å². The summed E-state index contributed by atoms with van der Waals surface area (Å²) >= 11 is 0. The predicted octanol–water partition coefficient (Wildman–Crippen LogP) is 3.25. The van der Waals surface area contributed by atoms with Crippen LogP contribution in [0.15, 0.2) is 0 Å². The third-order valence-electron chi connectivity index (χ3n) is 4.90. The second kappa shape index (κ2) is 11.5. The minimum atomic E-state index is -0.604. The molecule has 3 saturated carbocycles. The SMILES string of the molecule is C1CC2(C1)CC2.CO.COC=O.C[C@@H]1CCCC[C@@H]1C(=O)O. The van der Waals surface area contributed by atoms with E-state index in [2.05, 4.69) is 4.74 Å². The van der Waals surface area contributed by atoms with Crippen LogP contribution in [0.2, 0.25) is 0 Å². The minimum Gasteiger partial charge on any atom is -0.481 e. The van der Waals surface area contributed by atoms with Gasteiger partial charge < -0.3 is 14.9 Å². The molecule has 5 heteroatoms. The first-order chi connectivity index (χ1) is 10.5. The number of carboxylic acids is 1. The molecule has 3 fully saturated rings. The molecule has 0 unspecified atom stereocenters. The number of aliphatic carboxylic acids is 1. The van der Waals surface area contributed by atoms with E-state index in [4.69, 9.17) is 15.0 Å². The van der Waals surface area contributed by atoms with Crippen LogP contribution in [0.5, 0.6) is 0 Å². The maximum Gasteiger partial charge on any atom is 0.306 e. The fourth-order valence-corrected chi connectivity index (χ4v) is 3.04. The fourth-order valence-electron chi connectivity index (χ4n) is 3.04. The third-order valence-corrected chi connectivity index (χ3v) is 4.90. The second-order valence-electron chi connectivity index (χ2n) is 6.39. The van der Waals surface area contributed by atoms with E-state index in [-0.39, 0.29) is 5.92 Å². The summed E-state index contributed by atoms with van der Waals surface area (Å²) < 4.78 is 3.86. The van der Waals surface area contributed by atoms with Crippen molar-refractivity contribution in [3.63, 3.8) is 0 Å². The van der Waals surface area contributed by atoms with E-state index >= 15 is 0 Å². The number of aliphatic hydroxyl groups excluding tert-OH is 1. The summed E-state index contributed by atoms with van der Waals surface area (Å²) in [6, 6.07) is 0. The van der Waals surface area contributed by atoms with Gasteiger partial charge in [0.2, 0.25) is 0 Å². The molecular formula is C17H32O5. The topological polar surface area (TPSA) is 83.8 Å². The van der Waals surface area contributed by atoms with Gasteiger partial charge in [-0.2, -0.15) is 0 Å². The number of ether oxygens (including phenoxy) is 1. The highest BCUT2D eigenvalue weighted by Crippen LogP contribution is 2.60. The molecule has 1 spiro atoms. The van der Waals surface area contributed by atoms with Crippen molar-refractivity contribution >= 4 is 12.4 Å². The third kappa shape index (κ3) is 7.78. The fraction of sp³-hybridized carbons (Fsp3) is 0.882. The monoisotopic (exact) mass is 316 g/mol. The van der Waals surface area contributed by atoms with E-state index < -0.39 is 5.97 Å². The molecule has 0 amide bonds. The van der Waals surface area contributed by atoms with Crippen molar-refractivity contribution < 1.29 is 24.5 Å². The van der Waals surface area contributed by atoms with E-state index in [0.717, 1.165) is 31.8 Å². The second-order valence-corrected chi connectivity index (χ2v) is 6.39. The van der Waals surface area contributed by atoms with Crippen molar-refractivity contribution in [2.24, 2.45) is 17.3 Å². The molecule has 0 saturated heterocycles. The van der Waals surface area contributed by atoms with E-state index in [1.165, 1.54) is 20.0 Å². The number of methoxy groups -OCH3 is 1. The first-order valence-corrected chi connectivity index (χ1v) is 8.18. The van der Waals surface area contributed by atoms with Gasteiger partial charge in [0.25, 0.3) is 6.47 Å². The van der Waals surface area contributed by atoms with Gasteiger partial charge in [0.15, 0.2) is 0 Å². The number of rotatable bonds is 2. The Bertz CT molecular complexity index is 306. The Balaban J connectivity index is 0.000000312. The molecule has 0 aromatic carbocycles. The standard InChI is InChI=1S/C8H14O2.C6H10.C2H4O2.CH4O/c1-6-4-2-3-5-7(6)8(9)10;1-2-6(3-1)4-5-6;1-4-2-3;1-2/h6-7H,2-5H2,1H3,(H,9,10);1-5H2;2H,1H3;2H,1H3/t6-,7+;;;/m1.../s1. The molecule has 3 aliphatic carbocycles. The zero-order valence-corrected chi connectivity index (χ0v) is 14.2.